The zero-order valence-electron chi connectivity index (χ0n) is 13.2. The summed E-state index contributed by atoms with van der Waals surface area (Å²) in [6.07, 6.45) is 3.78. The van der Waals surface area contributed by atoms with Crippen molar-refractivity contribution in [1.82, 2.24) is 15.5 Å². The standard InChI is InChI=1S/C15H31N3O2/c1-12(2)10-14(19)11-17-15(20)16-7-4-13-5-8-18(3)9-6-13/h12-14,19H,4-11H2,1-3H3,(H2,16,17,20). The van der Waals surface area contributed by atoms with Crippen molar-refractivity contribution in [3.05, 3.63) is 0 Å². The Kier molecular flexibility index (Phi) is 7.92. The van der Waals surface area contributed by atoms with E-state index in [2.05, 4.69) is 36.4 Å². The van der Waals surface area contributed by atoms with Gasteiger partial charge in [-0.3, -0.25) is 0 Å². The van der Waals surface area contributed by atoms with Crippen LogP contribution in [-0.2, 0) is 0 Å². The largest absolute Gasteiger partial charge is 0.391 e. The molecular formula is C15H31N3O2. The average molecular weight is 285 g/mol. The Morgan fingerprint density at radius 2 is 1.95 bits per heavy atom. The summed E-state index contributed by atoms with van der Waals surface area (Å²) in [5.41, 5.74) is 0. The van der Waals surface area contributed by atoms with Gasteiger partial charge in [-0.15, -0.1) is 0 Å². The Morgan fingerprint density at radius 3 is 2.55 bits per heavy atom. The molecule has 0 spiro atoms. The molecule has 1 atom stereocenters. The van der Waals surface area contributed by atoms with Gasteiger partial charge in [0.1, 0.15) is 0 Å². The van der Waals surface area contributed by atoms with Gasteiger partial charge < -0.3 is 20.6 Å². The van der Waals surface area contributed by atoms with E-state index < -0.39 is 6.10 Å². The number of rotatable bonds is 7. The number of aliphatic hydroxyl groups excluding tert-OH is 1. The van der Waals surface area contributed by atoms with Crippen molar-refractivity contribution in [3.8, 4) is 0 Å². The lowest BCUT2D eigenvalue weighted by atomic mass is 9.94. The van der Waals surface area contributed by atoms with Gasteiger partial charge in [-0.2, -0.15) is 0 Å². The fourth-order valence-electron chi connectivity index (χ4n) is 2.64. The summed E-state index contributed by atoms with van der Waals surface area (Å²) >= 11 is 0. The van der Waals surface area contributed by atoms with Crippen LogP contribution in [-0.4, -0.2) is 55.4 Å². The number of carbonyl (C=O) groups excluding carboxylic acids is 1. The van der Waals surface area contributed by atoms with Crippen LogP contribution >= 0.6 is 0 Å². The molecule has 0 aromatic heterocycles. The molecule has 2 amide bonds. The van der Waals surface area contributed by atoms with E-state index in [0.717, 1.165) is 38.4 Å². The van der Waals surface area contributed by atoms with E-state index >= 15 is 0 Å². The highest BCUT2D eigenvalue weighted by Gasteiger charge is 2.16. The topological polar surface area (TPSA) is 64.6 Å². The molecule has 5 heteroatoms. The van der Waals surface area contributed by atoms with E-state index in [1.807, 2.05) is 0 Å². The van der Waals surface area contributed by atoms with Crippen LogP contribution in [0.2, 0.25) is 0 Å². The van der Waals surface area contributed by atoms with Crippen molar-refractivity contribution in [2.24, 2.45) is 11.8 Å². The number of carbonyl (C=O) groups is 1. The quantitative estimate of drug-likeness (QED) is 0.663. The molecule has 3 N–H and O–H groups in total. The van der Waals surface area contributed by atoms with E-state index in [9.17, 15) is 9.90 Å². The van der Waals surface area contributed by atoms with E-state index in [1.165, 1.54) is 12.8 Å². The summed E-state index contributed by atoms with van der Waals surface area (Å²) in [4.78, 5) is 13.9. The molecule has 5 nitrogen and oxygen atoms in total. The molecule has 0 aliphatic carbocycles. The van der Waals surface area contributed by atoms with Crippen LogP contribution < -0.4 is 10.6 Å². The molecule has 0 radical (unpaired) electrons. The number of nitrogens with zero attached hydrogens (tertiary/aromatic N) is 1. The van der Waals surface area contributed by atoms with E-state index in [1.54, 1.807) is 0 Å². The maximum atomic E-state index is 11.6. The fraction of sp³-hybridized carbons (Fsp3) is 0.933. The number of piperidine rings is 1. The Hall–Kier alpha value is -0.810. The molecule has 1 saturated heterocycles. The lowest BCUT2D eigenvalue weighted by molar-refractivity contribution is 0.146. The number of nitrogens with one attached hydrogen (secondary N) is 2. The molecular weight excluding hydrogens is 254 g/mol. The summed E-state index contributed by atoms with van der Waals surface area (Å²) in [7, 11) is 2.16. The van der Waals surface area contributed by atoms with Gasteiger partial charge in [0.15, 0.2) is 0 Å². The Labute approximate surface area is 123 Å². The predicted molar refractivity (Wildman–Crippen MR) is 81.7 cm³/mol. The fourth-order valence-corrected chi connectivity index (χ4v) is 2.64. The number of hydrogen-bond acceptors (Lipinski definition) is 3. The minimum Gasteiger partial charge on any atom is -0.391 e. The van der Waals surface area contributed by atoms with Crippen LogP contribution in [0.5, 0.6) is 0 Å². The van der Waals surface area contributed by atoms with Crippen molar-refractivity contribution in [2.75, 3.05) is 33.2 Å². The molecule has 1 fully saturated rings. The SMILES string of the molecule is CC(C)CC(O)CNC(=O)NCCC1CCN(C)CC1. The third kappa shape index (κ3) is 7.70. The average Bonchev–Trinajstić information content (AvgIpc) is 2.38. The highest BCUT2D eigenvalue weighted by atomic mass is 16.3. The molecule has 1 heterocycles. The predicted octanol–water partition coefficient (Wildman–Crippen LogP) is 1.42. The molecule has 20 heavy (non-hydrogen) atoms. The molecule has 0 aromatic rings. The Morgan fingerprint density at radius 1 is 1.30 bits per heavy atom. The Bertz CT molecular complexity index is 276. The summed E-state index contributed by atoms with van der Waals surface area (Å²) < 4.78 is 0. The maximum Gasteiger partial charge on any atom is 0.314 e. The smallest absolute Gasteiger partial charge is 0.314 e. The molecule has 1 aliphatic heterocycles. The number of likely N-dealkylation sites (tertiary alicyclic amines) is 1. The number of aliphatic hydroxyl groups is 1. The summed E-state index contributed by atoms with van der Waals surface area (Å²) in [6, 6.07) is -0.166. The normalized spacial score (nSPS) is 19.1. The number of hydrogen-bond donors (Lipinski definition) is 3. The first-order chi connectivity index (χ1) is 9.47. The lowest BCUT2D eigenvalue weighted by Crippen LogP contribution is -2.41. The van der Waals surface area contributed by atoms with Crippen LogP contribution in [0.1, 0.15) is 39.5 Å². The number of amides is 2. The molecule has 1 unspecified atom stereocenters. The van der Waals surface area contributed by atoms with Crippen LogP contribution in [0.25, 0.3) is 0 Å². The van der Waals surface area contributed by atoms with Gasteiger partial charge in [-0.25, -0.2) is 4.79 Å². The Balaban J connectivity index is 2.02. The van der Waals surface area contributed by atoms with Crippen molar-refractivity contribution in [1.29, 1.82) is 0 Å². The molecule has 1 aliphatic rings. The van der Waals surface area contributed by atoms with Gasteiger partial charge in [0.25, 0.3) is 0 Å². The monoisotopic (exact) mass is 285 g/mol. The van der Waals surface area contributed by atoms with E-state index in [-0.39, 0.29) is 6.03 Å². The molecule has 0 bridgehead atoms. The third-order valence-corrected chi connectivity index (χ3v) is 3.92. The van der Waals surface area contributed by atoms with Crippen molar-refractivity contribution in [2.45, 2.75) is 45.6 Å². The number of urea groups is 1. The van der Waals surface area contributed by atoms with Crippen molar-refractivity contribution >= 4 is 6.03 Å². The maximum absolute atomic E-state index is 11.6. The second-order valence-electron chi connectivity index (χ2n) is 6.46. The van der Waals surface area contributed by atoms with Gasteiger partial charge in [0, 0.05) is 13.1 Å². The van der Waals surface area contributed by atoms with Crippen molar-refractivity contribution in [3.63, 3.8) is 0 Å². The summed E-state index contributed by atoms with van der Waals surface area (Å²) in [6.45, 7) is 7.50. The highest BCUT2D eigenvalue weighted by molar-refractivity contribution is 5.73. The zero-order chi connectivity index (χ0) is 15.0. The second kappa shape index (κ2) is 9.19. The molecule has 118 valence electrons. The zero-order valence-corrected chi connectivity index (χ0v) is 13.2. The van der Waals surface area contributed by atoms with Crippen molar-refractivity contribution < 1.29 is 9.90 Å². The van der Waals surface area contributed by atoms with E-state index in [0.29, 0.717) is 12.5 Å². The summed E-state index contributed by atoms with van der Waals surface area (Å²) in [5.74, 6) is 1.18. The van der Waals surface area contributed by atoms with Crippen LogP contribution in [0.4, 0.5) is 4.79 Å². The third-order valence-electron chi connectivity index (χ3n) is 3.92. The first-order valence-electron chi connectivity index (χ1n) is 7.85. The first-order valence-corrected chi connectivity index (χ1v) is 7.85. The minimum absolute atomic E-state index is 0.166. The van der Waals surface area contributed by atoms with Crippen LogP contribution in [0, 0.1) is 11.8 Å². The van der Waals surface area contributed by atoms with Gasteiger partial charge in [-0.1, -0.05) is 13.8 Å². The van der Waals surface area contributed by atoms with E-state index in [4.69, 9.17) is 0 Å². The minimum atomic E-state index is -0.449. The molecule has 1 rings (SSSR count). The summed E-state index contributed by atoms with van der Waals surface area (Å²) in [5, 5.41) is 15.3. The molecule has 0 saturated carbocycles. The van der Waals surface area contributed by atoms with Gasteiger partial charge in [-0.05, 0) is 57.7 Å². The van der Waals surface area contributed by atoms with Gasteiger partial charge >= 0.3 is 6.03 Å². The first kappa shape index (κ1) is 17.2. The molecule has 0 aromatic carbocycles. The van der Waals surface area contributed by atoms with Gasteiger partial charge in [0.05, 0.1) is 6.10 Å². The van der Waals surface area contributed by atoms with Crippen LogP contribution in [0.15, 0.2) is 0 Å². The van der Waals surface area contributed by atoms with Gasteiger partial charge in [0.2, 0.25) is 0 Å². The highest BCUT2D eigenvalue weighted by Crippen LogP contribution is 2.18. The lowest BCUT2D eigenvalue weighted by Gasteiger charge is -2.28. The second-order valence-corrected chi connectivity index (χ2v) is 6.46. The van der Waals surface area contributed by atoms with Crippen LogP contribution in [0.3, 0.4) is 0 Å².